The summed E-state index contributed by atoms with van der Waals surface area (Å²) in [7, 11) is -1.83. The molecule has 0 aliphatic heterocycles. The van der Waals surface area contributed by atoms with E-state index in [1.807, 2.05) is 20.8 Å². The van der Waals surface area contributed by atoms with Gasteiger partial charge in [-0.05, 0) is 39.5 Å². The van der Waals surface area contributed by atoms with Crippen LogP contribution >= 0.6 is 0 Å². The Kier molecular flexibility index (Phi) is 3.99. The molecule has 0 heterocycles. The highest BCUT2D eigenvalue weighted by molar-refractivity contribution is 7.87. The number of rotatable bonds is 5. The molecule has 96 valence electrons. The van der Waals surface area contributed by atoms with Gasteiger partial charge in [-0.3, -0.25) is 0 Å². The Balaban J connectivity index is 2.74. The van der Waals surface area contributed by atoms with E-state index in [1.165, 1.54) is 4.31 Å². The molecule has 3 N–H and O–H groups in total. The summed E-state index contributed by atoms with van der Waals surface area (Å²) in [6.45, 7) is 5.86. The Morgan fingerprint density at radius 3 is 2.25 bits per heavy atom. The van der Waals surface area contributed by atoms with Gasteiger partial charge in [0.25, 0.3) is 10.2 Å². The van der Waals surface area contributed by atoms with Crippen molar-refractivity contribution in [3.63, 3.8) is 0 Å². The second kappa shape index (κ2) is 4.60. The summed E-state index contributed by atoms with van der Waals surface area (Å²) in [5, 5.41) is 0. The van der Waals surface area contributed by atoms with E-state index in [1.54, 1.807) is 7.05 Å². The average Bonchev–Trinajstić information content (AvgIpc) is 2.84. The first kappa shape index (κ1) is 13.9. The van der Waals surface area contributed by atoms with Gasteiger partial charge < -0.3 is 5.73 Å². The van der Waals surface area contributed by atoms with Crippen molar-refractivity contribution in [1.29, 1.82) is 0 Å². The molecule has 1 aliphatic rings. The number of likely N-dealkylation sites (N-methyl/N-ethyl adjacent to an activating group) is 1. The van der Waals surface area contributed by atoms with E-state index in [2.05, 4.69) is 4.72 Å². The van der Waals surface area contributed by atoms with E-state index in [9.17, 15) is 8.42 Å². The summed E-state index contributed by atoms with van der Waals surface area (Å²) in [4.78, 5) is 0. The minimum absolute atomic E-state index is 0.0696. The molecule has 5 nitrogen and oxygen atoms in total. The first-order valence-electron chi connectivity index (χ1n) is 5.64. The maximum atomic E-state index is 12.0. The van der Waals surface area contributed by atoms with Crippen molar-refractivity contribution < 1.29 is 8.42 Å². The lowest BCUT2D eigenvalue weighted by atomic mass is 10.1. The van der Waals surface area contributed by atoms with Gasteiger partial charge in [0.05, 0.1) is 0 Å². The van der Waals surface area contributed by atoms with Crippen molar-refractivity contribution in [2.24, 2.45) is 11.7 Å². The van der Waals surface area contributed by atoms with Gasteiger partial charge in [-0.1, -0.05) is 0 Å². The van der Waals surface area contributed by atoms with Crippen LogP contribution in [0.2, 0.25) is 0 Å². The summed E-state index contributed by atoms with van der Waals surface area (Å²) in [6, 6.07) is -0.0696. The van der Waals surface area contributed by atoms with Crippen molar-refractivity contribution in [2.45, 2.75) is 45.2 Å². The molecule has 6 heteroatoms. The van der Waals surface area contributed by atoms with Gasteiger partial charge in [0.1, 0.15) is 0 Å². The maximum Gasteiger partial charge on any atom is 0.279 e. The molecule has 1 fully saturated rings. The fraction of sp³-hybridized carbons (Fsp3) is 1.00. The summed E-state index contributed by atoms with van der Waals surface area (Å²) in [5.74, 6) is 0.437. The van der Waals surface area contributed by atoms with Crippen LogP contribution in [-0.2, 0) is 10.2 Å². The highest BCUT2D eigenvalue weighted by atomic mass is 32.2. The standard InChI is InChI=1S/C10H23N3O2S/c1-10(2,3)12-16(14,15)13(4)9(7-11)8-5-6-8/h8-9,12H,5-7,11H2,1-4H3. The van der Waals surface area contributed by atoms with E-state index in [4.69, 9.17) is 5.73 Å². The molecule has 0 bridgehead atoms. The van der Waals surface area contributed by atoms with Gasteiger partial charge in [0.2, 0.25) is 0 Å². The summed E-state index contributed by atoms with van der Waals surface area (Å²) in [6.07, 6.45) is 2.16. The van der Waals surface area contributed by atoms with Crippen LogP contribution < -0.4 is 10.5 Å². The molecule has 1 saturated carbocycles. The smallest absolute Gasteiger partial charge is 0.279 e. The van der Waals surface area contributed by atoms with Crippen LogP contribution in [0.25, 0.3) is 0 Å². The van der Waals surface area contributed by atoms with Crippen molar-refractivity contribution in [3.05, 3.63) is 0 Å². The lowest BCUT2D eigenvalue weighted by Crippen LogP contribution is -2.52. The SMILES string of the molecule is CN(C(CN)C1CC1)S(=O)(=O)NC(C)(C)C. The van der Waals surface area contributed by atoms with Gasteiger partial charge in [0.15, 0.2) is 0 Å². The number of nitrogens with two attached hydrogens (primary N) is 1. The van der Waals surface area contributed by atoms with Crippen LogP contribution in [0.4, 0.5) is 0 Å². The second-order valence-corrected chi connectivity index (χ2v) is 7.24. The fourth-order valence-electron chi connectivity index (χ4n) is 1.76. The van der Waals surface area contributed by atoms with Gasteiger partial charge in [-0.15, -0.1) is 0 Å². The molecule has 16 heavy (non-hydrogen) atoms. The zero-order valence-electron chi connectivity index (χ0n) is 10.5. The van der Waals surface area contributed by atoms with E-state index in [0.717, 1.165) is 12.8 Å². The van der Waals surface area contributed by atoms with E-state index in [0.29, 0.717) is 12.5 Å². The Bertz CT molecular complexity index is 330. The Morgan fingerprint density at radius 1 is 1.44 bits per heavy atom. The minimum atomic E-state index is -3.43. The third-order valence-corrected chi connectivity index (χ3v) is 4.59. The molecule has 0 aromatic rings. The fourth-order valence-corrected chi connectivity index (χ4v) is 3.29. The highest BCUT2D eigenvalue weighted by Gasteiger charge is 2.38. The largest absolute Gasteiger partial charge is 0.329 e. The summed E-state index contributed by atoms with van der Waals surface area (Å²) >= 11 is 0. The molecular formula is C10H23N3O2S. The molecule has 0 aromatic carbocycles. The molecule has 1 unspecified atom stereocenters. The third-order valence-electron chi connectivity index (χ3n) is 2.69. The number of hydrogen-bond donors (Lipinski definition) is 2. The molecule has 0 aromatic heterocycles. The van der Waals surface area contributed by atoms with Gasteiger partial charge in [0, 0.05) is 25.2 Å². The Morgan fingerprint density at radius 2 is 1.94 bits per heavy atom. The predicted octanol–water partition coefficient (Wildman–Crippen LogP) is 0.288. The van der Waals surface area contributed by atoms with E-state index in [-0.39, 0.29) is 6.04 Å². The molecule has 0 saturated heterocycles. The zero-order valence-corrected chi connectivity index (χ0v) is 11.3. The zero-order chi connectivity index (χ0) is 12.6. The molecule has 1 atom stereocenters. The first-order chi connectivity index (χ1) is 7.17. The monoisotopic (exact) mass is 249 g/mol. The van der Waals surface area contributed by atoms with Crippen LogP contribution in [0, 0.1) is 5.92 Å². The van der Waals surface area contributed by atoms with Gasteiger partial charge in [-0.25, -0.2) is 0 Å². The van der Waals surface area contributed by atoms with Crippen LogP contribution in [-0.4, -0.2) is 37.9 Å². The normalized spacial score (nSPS) is 20.1. The van der Waals surface area contributed by atoms with Crippen LogP contribution in [0.1, 0.15) is 33.6 Å². The van der Waals surface area contributed by atoms with Crippen molar-refractivity contribution in [3.8, 4) is 0 Å². The molecule has 0 radical (unpaired) electrons. The van der Waals surface area contributed by atoms with Crippen LogP contribution in [0.5, 0.6) is 0 Å². The predicted molar refractivity (Wildman–Crippen MR) is 65.1 cm³/mol. The molecule has 0 amide bonds. The van der Waals surface area contributed by atoms with Crippen molar-refractivity contribution in [2.75, 3.05) is 13.6 Å². The minimum Gasteiger partial charge on any atom is -0.329 e. The molecular weight excluding hydrogens is 226 g/mol. The number of hydrogen-bond acceptors (Lipinski definition) is 3. The van der Waals surface area contributed by atoms with Crippen molar-refractivity contribution >= 4 is 10.2 Å². The van der Waals surface area contributed by atoms with Gasteiger partial charge in [-0.2, -0.15) is 17.4 Å². The molecule has 1 aliphatic carbocycles. The Labute approximate surface area is 98.6 Å². The lowest BCUT2D eigenvalue weighted by Gasteiger charge is -2.30. The Hall–Kier alpha value is -0.170. The number of nitrogens with one attached hydrogen (secondary N) is 1. The van der Waals surface area contributed by atoms with Crippen LogP contribution in [0.3, 0.4) is 0 Å². The lowest BCUT2D eigenvalue weighted by molar-refractivity contribution is 0.327. The van der Waals surface area contributed by atoms with Crippen LogP contribution in [0.15, 0.2) is 0 Å². The molecule has 0 spiro atoms. The van der Waals surface area contributed by atoms with Gasteiger partial charge >= 0.3 is 0 Å². The maximum absolute atomic E-state index is 12.0. The first-order valence-corrected chi connectivity index (χ1v) is 7.08. The highest BCUT2D eigenvalue weighted by Crippen LogP contribution is 2.35. The summed E-state index contributed by atoms with van der Waals surface area (Å²) in [5.41, 5.74) is 5.18. The average molecular weight is 249 g/mol. The van der Waals surface area contributed by atoms with E-state index >= 15 is 0 Å². The quantitative estimate of drug-likeness (QED) is 0.735. The topological polar surface area (TPSA) is 75.4 Å². The van der Waals surface area contributed by atoms with E-state index < -0.39 is 15.7 Å². The van der Waals surface area contributed by atoms with Crippen molar-refractivity contribution in [1.82, 2.24) is 9.03 Å². The number of nitrogens with zero attached hydrogens (tertiary/aromatic N) is 1. The molecule has 1 rings (SSSR count). The summed E-state index contributed by atoms with van der Waals surface area (Å²) < 4.78 is 28.1. The second-order valence-electron chi connectivity index (χ2n) is 5.51. The third kappa shape index (κ3) is 3.69.